The second-order valence-electron chi connectivity index (χ2n) is 5.61. The lowest BCUT2D eigenvalue weighted by Gasteiger charge is -2.19. The number of anilines is 1. The van der Waals surface area contributed by atoms with Crippen molar-refractivity contribution >= 4 is 21.7 Å². The Morgan fingerprint density at radius 1 is 1.20 bits per heavy atom. The van der Waals surface area contributed by atoms with Crippen LogP contribution in [-0.2, 0) is 0 Å². The van der Waals surface area contributed by atoms with Crippen LogP contribution in [0.15, 0.2) is 34.8 Å². The molecule has 0 saturated heterocycles. The molecule has 0 amide bonds. The molecule has 4 nitrogen and oxygen atoms in total. The molecular weight excluding hydrogens is 316 g/mol. The lowest BCUT2D eigenvalue weighted by molar-refractivity contribution is 0.548. The molecule has 1 heterocycles. The lowest BCUT2D eigenvalue weighted by Crippen LogP contribution is -2.39. The van der Waals surface area contributed by atoms with E-state index in [-0.39, 0.29) is 5.54 Å². The van der Waals surface area contributed by atoms with Gasteiger partial charge in [0.25, 0.3) is 0 Å². The van der Waals surface area contributed by atoms with Gasteiger partial charge in [0.15, 0.2) is 0 Å². The Labute approximate surface area is 127 Å². The van der Waals surface area contributed by atoms with Crippen LogP contribution in [0.2, 0.25) is 0 Å². The fraction of sp³-hybridized carbons (Fsp3) is 0.333. The number of rotatable bonds is 4. The maximum atomic E-state index is 5.92. The number of aryl methyl sites for hydroxylation is 1. The highest BCUT2D eigenvalue weighted by molar-refractivity contribution is 9.10. The van der Waals surface area contributed by atoms with E-state index in [9.17, 15) is 0 Å². The maximum absolute atomic E-state index is 5.92. The first-order chi connectivity index (χ1) is 9.35. The van der Waals surface area contributed by atoms with Crippen molar-refractivity contribution in [3.05, 3.63) is 40.4 Å². The number of aromatic nitrogens is 2. The second kappa shape index (κ2) is 5.89. The molecule has 2 rings (SSSR count). The molecule has 5 heteroatoms. The summed E-state index contributed by atoms with van der Waals surface area (Å²) in [5, 5.41) is 11.7. The predicted octanol–water partition coefficient (Wildman–Crippen LogP) is 3.36. The summed E-state index contributed by atoms with van der Waals surface area (Å²) in [6.45, 7) is 6.64. The summed E-state index contributed by atoms with van der Waals surface area (Å²) in [7, 11) is 0. The van der Waals surface area contributed by atoms with E-state index in [0.29, 0.717) is 6.54 Å². The van der Waals surface area contributed by atoms with Crippen molar-refractivity contribution in [2.75, 3.05) is 11.9 Å². The first-order valence-electron chi connectivity index (χ1n) is 6.48. The Balaban J connectivity index is 2.18. The summed E-state index contributed by atoms with van der Waals surface area (Å²) in [6, 6.07) is 10.0. The van der Waals surface area contributed by atoms with Gasteiger partial charge in [0.1, 0.15) is 5.82 Å². The monoisotopic (exact) mass is 334 g/mol. The van der Waals surface area contributed by atoms with E-state index in [1.807, 2.05) is 32.0 Å². The largest absolute Gasteiger partial charge is 0.367 e. The molecule has 20 heavy (non-hydrogen) atoms. The van der Waals surface area contributed by atoms with E-state index in [4.69, 9.17) is 5.73 Å². The van der Waals surface area contributed by atoms with Crippen molar-refractivity contribution in [2.45, 2.75) is 26.3 Å². The van der Waals surface area contributed by atoms with Crippen LogP contribution < -0.4 is 11.1 Å². The van der Waals surface area contributed by atoms with E-state index < -0.39 is 0 Å². The molecule has 0 atom stereocenters. The third kappa shape index (κ3) is 4.02. The van der Waals surface area contributed by atoms with E-state index in [1.54, 1.807) is 0 Å². The third-order valence-electron chi connectivity index (χ3n) is 2.87. The number of nitrogens with one attached hydrogen (secondary N) is 1. The van der Waals surface area contributed by atoms with Crippen LogP contribution in [0.1, 0.15) is 19.4 Å². The molecule has 106 valence electrons. The zero-order valence-corrected chi connectivity index (χ0v) is 13.5. The van der Waals surface area contributed by atoms with Gasteiger partial charge in [-0.15, -0.1) is 10.2 Å². The van der Waals surface area contributed by atoms with Gasteiger partial charge in [0.2, 0.25) is 0 Å². The Bertz CT molecular complexity index is 588. The summed E-state index contributed by atoms with van der Waals surface area (Å²) in [5.41, 5.74) is 8.76. The van der Waals surface area contributed by atoms with Crippen LogP contribution in [0.5, 0.6) is 0 Å². The Hall–Kier alpha value is -1.46. The molecule has 2 aromatic rings. The standard InChI is InChI=1S/C15H19BrN4/c1-10-4-5-11(16)8-12(10)13-6-7-14(20-19-13)18-9-15(2,3)17/h4-8H,9,17H2,1-3H3,(H,18,20). The highest BCUT2D eigenvalue weighted by Gasteiger charge is 2.10. The smallest absolute Gasteiger partial charge is 0.148 e. The molecule has 0 unspecified atom stereocenters. The van der Waals surface area contributed by atoms with Crippen LogP contribution in [0, 0.1) is 6.92 Å². The van der Waals surface area contributed by atoms with Crippen LogP contribution in [0.25, 0.3) is 11.3 Å². The summed E-state index contributed by atoms with van der Waals surface area (Å²) >= 11 is 3.48. The summed E-state index contributed by atoms with van der Waals surface area (Å²) in [5.74, 6) is 0.736. The van der Waals surface area contributed by atoms with Crippen molar-refractivity contribution in [3.8, 4) is 11.3 Å². The zero-order chi connectivity index (χ0) is 14.8. The first kappa shape index (κ1) is 14.9. The quantitative estimate of drug-likeness (QED) is 0.899. The highest BCUT2D eigenvalue weighted by atomic mass is 79.9. The number of nitrogens with zero attached hydrogens (tertiary/aromatic N) is 2. The number of halogens is 1. The zero-order valence-electron chi connectivity index (χ0n) is 11.9. The van der Waals surface area contributed by atoms with E-state index in [1.165, 1.54) is 5.56 Å². The molecule has 0 aliphatic carbocycles. The average molecular weight is 335 g/mol. The van der Waals surface area contributed by atoms with Gasteiger partial charge in [-0.2, -0.15) is 0 Å². The van der Waals surface area contributed by atoms with Gasteiger partial charge in [-0.05, 0) is 50.6 Å². The fourth-order valence-corrected chi connectivity index (χ4v) is 2.12. The normalized spacial score (nSPS) is 11.4. The Kier molecular flexibility index (Phi) is 4.40. The van der Waals surface area contributed by atoms with Crippen LogP contribution >= 0.6 is 15.9 Å². The van der Waals surface area contributed by atoms with Crippen LogP contribution in [0.4, 0.5) is 5.82 Å². The van der Waals surface area contributed by atoms with Crippen LogP contribution in [-0.4, -0.2) is 22.3 Å². The molecule has 0 radical (unpaired) electrons. The number of hydrogen-bond donors (Lipinski definition) is 2. The minimum atomic E-state index is -0.277. The van der Waals surface area contributed by atoms with E-state index in [0.717, 1.165) is 21.5 Å². The highest BCUT2D eigenvalue weighted by Crippen LogP contribution is 2.25. The van der Waals surface area contributed by atoms with Crippen molar-refractivity contribution in [2.24, 2.45) is 5.73 Å². The fourth-order valence-electron chi connectivity index (χ4n) is 1.76. The third-order valence-corrected chi connectivity index (χ3v) is 3.36. The molecule has 0 fully saturated rings. The minimum absolute atomic E-state index is 0.277. The second-order valence-corrected chi connectivity index (χ2v) is 6.52. The molecule has 3 N–H and O–H groups in total. The van der Waals surface area contributed by atoms with Crippen molar-refractivity contribution < 1.29 is 0 Å². The Morgan fingerprint density at radius 3 is 2.55 bits per heavy atom. The van der Waals surface area contributed by atoms with Gasteiger partial charge in [-0.3, -0.25) is 0 Å². The summed E-state index contributed by atoms with van der Waals surface area (Å²) < 4.78 is 1.03. The van der Waals surface area contributed by atoms with Crippen molar-refractivity contribution in [3.63, 3.8) is 0 Å². The summed E-state index contributed by atoms with van der Waals surface area (Å²) in [4.78, 5) is 0. The molecule has 0 bridgehead atoms. The van der Waals surface area contributed by atoms with Gasteiger partial charge in [-0.1, -0.05) is 22.0 Å². The van der Waals surface area contributed by atoms with Gasteiger partial charge < -0.3 is 11.1 Å². The molecule has 0 spiro atoms. The topological polar surface area (TPSA) is 63.8 Å². The SMILES string of the molecule is Cc1ccc(Br)cc1-c1ccc(NCC(C)(C)N)nn1. The van der Waals surface area contributed by atoms with Gasteiger partial charge >= 0.3 is 0 Å². The van der Waals surface area contributed by atoms with E-state index in [2.05, 4.69) is 50.5 Å². The van der Waals surface area contributed by atoms with Crippen molar-refractivity contribution in [1.29, 1.82) is 0 Å². The van der Waals surface area contributed by atoms with Crippen LogP contribution in [0.3, 0.4) is 0 Å². The Morgan fingerprint density at radius 2 is 1.95 bits per heavy atom. The molecule has 0 aliphatic heterocycles. The molecule has 0 saturated carbocycles. The molecule has 1 aromatic carbocycles. The predicted molar refractivity (Wildman–Crippen MR) is 86.7 cm³/mol. The van der Waals surface area contributed by atoms with Crippen molar-refractivity contribution in [1.82, 2.24) is 10.2 Å². The molecule has 0 aliphatic rings. The summed E-state index contributed by atoms with van der Waals surface area (Å²) in [6.07, 6.45) is 0. The number of nitrogens with two attached hydrogens (primary N) is 1. The molecular formula is C15H19BrN4. The van der Waals surface area contributed by atoms with E-state index >= 15 is 0 Å². The van der Waals surface area contributed by atoms with Gasteiger partial charge in [0.05, 0.1) is 5.69 Å². The minimum Gasteiger partial charge on any atom is -0.367 e. The van der Waals surface area contributed by atoms with Gasteiger partial charge in [-0.25, -0.2) is 0 Å². The maximum Gasteiger partial charge on any atom is 0.148 e. The average Bonchev–Trinajstić information content (AvgIpc) is 2.39. The lowest BCUT2D eigenvalue weighted by atomic mass is 10.1. The van der Waals surface area contributed by atoms with Gasteiger partial charge in [0, 0.05) is 22.1 Å². The molecule has 1 aromatic heterocycles. The number of benzene rings is 1. The first-order valence-corrected chi connectivity index (χ1v) is 7.27. The number of hydrogen-bond acceptors (Lipinski definition) is 4.